The molecular formula is C24H27N3O3. The van der Waals surface area contributed by atoms with Gasteiger partial charge in [0, 0.05) is 38.4 Å². The smallest absolute Gasteiger partial charge is 0.254 e. The number of piperidine rings is 1. The van der Waals surface area contributed by atoms with Crippen molar-refractivity contribution in [2.75, 3.05) is 45.2 Å². The highest BCUT2D eigenvalue weighted by molar-refractivity contribution is 6.07. The molecule has 3 heterocycles. The van der Waals surface area contributed by atoms with Gasteiger partial charge in [-0.15, -0.1) is 0 Å². The fraction of sp³-hybridized carbons (Fsp3) is 0.417. The molecule has 5 rings (SSSR count). The number of carbonyl (C=O) groups excluding carboxylic acids is 2. The first kappa shape index (κ1) is 19.1. The van der Waals surface area contributed by atoms with Gasteiger partial charge in [0.05, 0.1) is 5.41 Å². The summed E-state index contributed by atoms with van der Waals surface area (Å²) in [5.74, 6) is 1.12. The maximum Gasteiger partial charge on any atom is 0.254 e. The number of para-hydroxylation sites is 1. The van der Waals surface area contributed by atoms with E-state index in [2.05, 4.69) is 11.0 Å². The molecule has 1 fully saturated rings. The second-order valence-corrected chi connectivity index (χ2v) is 8.63. The van der Waals surface area contributed by atoms with Crippen LogP contribution in [0.2, 0.25) is 0 Å². The van der Waals surface area contributed by atoms with E-state index in [4.69, 9.17) is 4.74 Å². The molecule has 0 unspecified atom stereocenters. The van der Waals surface area contributed by atoms with Crippen LogP contribution in [0.5, 0.6) is 5.75 Å². The zero-order valence-corrected chi connectivity index (χ0v) is 17.6. The fourth-order valence-corrected chi connectivity index (χ4v) is 5.18. The topological polar surface area (TPSA) is 53.1 Å². The largest absolute Gasteiger partial charge is 0.492 e. The first-order valence-electron chi connectivity index (χ1n) is 10.6. The molecule has 0 atom stereocenters. The number of nitrogens with zero attached hydrogens (tertiary/aromatic N) is 3. The summed E-state index contributed by atoms with van der Waals surface area (Å²) < 4.78 is 5.97. The summed E-state index contributed by atoms with van der Waals surface area (Å²) in [5, 5.41) is 0. The van der Waals surface area contributed by atoms with E-state index in [0.717, 1.165) is 55.0 Å². The Morgan fingerprint density at radius 3 is 2.60 bits per heavy atom. The molecular weight excluding hydrogens is 378 g/mol. The van der Waals surface area contributed by atoms with E-state index in [1.807, 2.05) is 55.4 Å². The number of benzene rings is 2. The summed E-state index contributed by atoms with van der Waals surface area (Å²) in [6.45, 7) is 3.85. The second kappa shape index (κ2) is 7.13. The SMILES string of the molecule is CN1Cc2cc(OCCN3CCC4(CC3)C(=O)N(C)c3ccccc34)ccc2C1=O. The molecule has 0 aliphatic carbocycles. The molecule has 2 aromatic carbocycles. The van der Waals surface area contributed by atoms with Crippen molar-refractivity contribution in [1.29, 1.82) is 0 Å². The van der Waals surface area contributed by atoms with E-state index in [1.165, 1.54) is 5.56 Å². The minimum atomic E-state index is -0.360. The van der Waals surface area contributed by atoms with Crippen LogP contribution in [0.25, 0.3) is 0 Å². The van der Waals surface area contributed by atoms with Crippen molar-refractivity contribution in [3.05, 3.63) is 59.2 Å². The maximum absolute atomic E-state index is 13.0. The molecule has 2 aromatic rings. The Morgan fingerprint density at radius 2 is 1.80 bits per heavy atom. The molecule has 0 radical (unpaired) electrons. The second-order valence-electron chi connectivity index (χ2n) is 8.63. The van der Waals surface area contributed by atoms with Gasteiger partial charge in [-0.25, -0.2) is 0 Å². The number of hydrogen-bond donors (Lipinski definition) is 0. The number of likely N-dealkylation sites (N-methyl/N-ethyl adjacent to an activating group) is 1. The third kappa shape index (κ3) is 2.89. The summed E-state index contributed by atoms with van der Waals surface area (Å²) in [4.78, 5) is 31.0. The number of carbonyl (C=O) groups is 2. The Kier molecular flexibility index (Phi) is 4.54. The quantitative estimate of drug-likeness (QED) is 0.785. The highest BCUT2D eigenvalue weighted by atomic mass is 16.5. The summed E-state index contributed by atoms with van der Waals surface area (Å²) in [6, 6.07) is 13.9. The molecule has 0 bridgehead atoms. The molecule has 2 amide bonds. The molecule has 1 spiro atoms. The van der Waals surface area contributed by atoms with Gasteiger partial charge in [0.2, 0.25) is 5.91 Å². The summed E-state index contributed by atoms with van der Waals surface area (Å²) in [6.07, 6.45) is 1.70. The molecule has 30 heavy (non-hydrogen) atoms. The van der Waals surface area contributed by atoms with Crippen molar-refractivity contribution >= 4 is 17.5 Å². The van der Waals surface area contributed by atoms with Crippen molar-refractivity contribution < 1.29 is 14.3 Å². The summed E-state index contributed by atoms with van der Waals surface area (Å²) in [5.41, 5.74) is 3.69. The van der Waals surface area contributed by atoms with Crippen LogP contribution in [0.15, 0.2) is 42.5 Å². The van der Waals surface area contributed by atoms with Crippen molar-refractivity contribution in [3.8, 4) is 5.75 Å². The molecule has 3 aliphatic rings. The Morgan fingerprint density at radius 1 is 1.03 bits per heavy atom. The average Bonchev–Trinajstić information content (AvgIpc) is 3.16. The Bertz CT molecular complexity index is 1010. The number of anilines is 1. The molecule has 3 aliphatic heterocycles. The van der Waals surface area contributed by atoms with Crippen LogP contribution >= 0.6 is 0 Å². The van der Waals surface area contributed by atoms with Crippen molar-refractivity contribution in [2.24, 2.45) is 0 Å². The maximum atomic E-state index is 13.0. The minimum absolute atomic E-state index is 0.0764. The number of rotatable bonds is 4. The molecule has 156 valence electrons. The van der Waals surface area contributed by atoms with Gasteiger partial charge in [-0.2, -0.15) is 0 Å². The van der Waals surface area contributed by atoms with Gasteiger partial charge in [-0.1, -0.05) is 18.2 Å². The van der Waals surface area contributed by atoms with Crippen LogP contribution in [0.1, 0.15) is 34.3 Å². The van der Waals surface area contributed by atoms with Crippen LogP contribution in [0, 0.1) is 0 Å². The van der Waals surface area contributed by atoms with Gasteiger partial charge < -0.3 is 14.5 Å². The Hall–Kier alpha value is -2.86. The van der Waals surface area contributed by atoms with E-state index in [0.29, 0.717) is 13.2 Å². The monoisotopic (exact) mass is 405 g/mol. The van der Waals surface area contributed by atoms with Crippen LogP contribution in [0.3, 0.4) is 0 Å². The van der Waals surface area contributed by atoms with Gasteiger partial charge in [0.25, 0.3) is 5.91 Å². The predicted octanol–water partition coefficient (Wildman–Crippen LogP) is 2.66. The van der Waals surface area contributed by atoms with Crippen LogP contribution in [0.4, 0.5) is 5.69 Å². The van der Waals surface area contributed by atoms with E-state index in [-0.39, 0.29) is 17.2 Å². The first-order valence-corrected chi connectivity index (χ1v) is 10.6. The third-order valence-electron chi connectivity index (χ3n) is 6.94. The van der Waals surface area contributed by atoms with Crippen LogP contribution in [-0.2, 0) is 16.8 Å². The number of amides is 2. The summed E-state index contributed by atoms with van der Waals surface area (Å²) in [7, 11) is 3.70. The lowest BCUT2D eigenvalue weighted by Gasteiger charge is -2.38. The summed E-state index contributed by atoms with van der Waals surface area (Å²) >= 11 is 0. The van der Waals surface area contributed by atoms with Gasteiger partial charge in [-0.3, -0.25) is 14.5 Å². The fourth-order valence-electron chi connectivity index (χ4n) is 5.18. The standard InChI is InChI=1S/C24H27N3O3/c1-25-16-17-15-18(7-8-19(17)22(25)28)30-14-13-27-11-9-24(10-12-27)20-5-3-4-6-21(20)26(2)23(24)29/h3-8,15H,9-14,16H2,1-2H3. The Balaban J connectivity index is 1.18. The molecule has 0 N–H and O–H groups in total. The number of fused-ring (bicyclic) bond motifs is 3. The molecule has 0 saturated carbocycles. The van der Waals surface area contributed by atoms with Crippen LogP contribution in [-0.4, -0.2) is 62.0 Å². The normalized spacial score (nSPS) is 20.1. The molecule has 0 aromatic heterocycles. The van der Waals surface area contributed by atoms with Gasteiger partial charge in [0.1, 0.15) is 12.4 Å². The van der Waals surface area contributed by atoms with E-state index in [9.17, 15) is 9.59 Å². The number of ether oxygens (including phenoxy) is 1. The lowest BCUT2D eigenvalue weighted by molar-refractivity contribution is -0.124. The van der Waals surface area contributed by atoms with Gasteiger partial charge >= 0.3 is 0 Å². The number of hydrogen-bond acceptors (Lipinski definition) is 4. The lowest BCUT2D eigenvalue weighted by atomic mass is 9.73. The van der Waals surface area contributed by atoms with Crippen molar-refractivity contribution in [2.45, 2.75) is 24.8 Å². The highest BCUT2D eigenvalue weighted by Crippen LogP contribution is 2.47. The van der Waals surface area contributed by atoms with Crippen molar-refractivity contribution in [1.82, 2.24) is 9.80 Å². The lowest BCUT2D eigenvalue weighted by Crippen LogP contribution is -2.48. The third-order valence-corrected chi connectivity index (χ3v) is 6.94. The molecule has 6 heteroatoms. The predicted molar refractivity (Wildman–Crippen MR) is 115 cm³/mol. The average molecular weight is 405 g/mol. The van der Waals surface area contributed by atoms with E-state index in [1.54, 1.807) is 4.90 Å². The zero-order chi connectivity index (χ0) is 20.9. The van der Waals surface area contributed by atoms with E-state index >= 15 is 0 Å². The Labute approximate surface area is 177 Å². The van der Waals surface area contributed by atoms with E-state index < -0.39 is 0 Å². The minimum Gasteiger partial charge on any atom is -0.492 e. The first-order chi connectivity index (χ1) is 14.5. The molecule has 1 saturated heterocycles. The van der Waals surface area contributed by atoms with Gasteiger partial charge in [-0.05, 0) is 61.3 Å². The van der Waals surface area contributed by atoms with Crippen LogP contribution < -0.4 is 9.64 Å². The van der Waals surface area contributed by atoms with Gasteiger partial charge in [0.15, 0.2) is 0 Å². The highest BCUT2D eigenvalue weighted by Gasteiger charge is 2.50. The zero-order valence-electron chi connectivity index (χ0n) is 17.6. The molecule has 6 nitrogen and oxygen atoms in total. The van der Waals surface area contributed by atoms with Crippen molar-refractivity contribution in [3.63, 3.8) is 0 Å². The number of likely N-dealkylation sites (tertiary alicyclic amines) is 1.